The number of H-pyrrole nitrogens is 1. The smallest absolute Gasteiger partial charge is 0.390 e. The Morgan fingerprint density at radius 2 is 1.91 bits per heavy atom. The highest BCUT2D eigenvalue weighted by Crippen LogP contribution is 2.35. The summed E-state index contributed by atoms with van der Waals surface area (Å²) in [5, 5.41) is 18.1. The SMILES string of the molecule is CC1CCC(Cn2c(CC(C)(C)O)nc3nc(-c4noc(=O)[nH]4)nc(N[C@H](C)C4CCC4)c32)CC1. The molecule has 3 N–H and O–H groups in total. The van der Waals surface area contributed by atoms with Crippen molar-refractivity contribution in [1.82, 2.24) is 29.7 Å². The van der Waals surface area contributed by atoms with Crippen LogP contribution in [0.5, 0.6) is 0 Å². The number of fused-ring (bicyclic) bond motifs is 1. The summed E-state index contributed by atoms with van der Waals surface area (Å²) in [5.74, 6) is 3.19. The molecule has 190 valence electrons. The predicted molar refractivity (Wildman–Crippen MR) is 133 cm³/mol. The van der Waals surface area contributed by atoms with Crippen molar-refractivity contribution < 1.29 is 9.63 Å². The zero-order chi connectivity index (χ0) is 24.7. The van der Waals surface area contributed by atoms with Gasteiger partial charge in [-0.2, -0.15) is 0 Å². The van der Waals surface area contributed by atoms with Crippen molar-refractivity contribution in [3.8, 4) is 11.6 Å². The lowest BCUT2D eigenvalue weighted by molar-refractivity contribution is 0.0775. The van der Waals surface area contributed by atoms with E-state index < -0.39 is 11.4 Å². The number of nitrogens with one attached hydrogen (secondary N) is 2. The Bertz CT molecular complexity index is 1230. The van der Waals surface area contributed by atoms with Crippen LogP contribution in [-0.2, 0) is 13.0 Å². The van der Waals surface area contributed by atoms with E-state index in [1.165, 1.54) is 44.9 Å². The first-order valence-electron chi connectivity index (χ1n) is 13.0. The van der Waals surface area contributed by atoms with Crippen LogP contribution >= 0.6 is 0 Å². The number of aromatic amines is 1. The van der Waals surface area contributed by atoms with E-state index in [-0.39, 0.29) is 17.7 Å². The summed E-state index contributed by atoms with van der Waals surface area (Å²) < 4.78 is 6.92. The maximum atomic E-state index is 11.6. The molecule has 2 aliphatic carbocycles. The number of nitrogens with zero attached hydrogens (tertiary/aromatic N) is 5. The second kappa shape index (κ2) is 9.37. The molecule has 0 aliphatic heterocycles. The van der Waals surface area contributed by atoms with Gasteiger partial charge in [0.15, 0.2) is 11.5 Å². The number of hydrogen-bond acceptors (Lipinski definition) is 8. The minimum Gasteiger partial charge on any atom is -0.390 e. The molecule has 0 saturated heterocycles. The molecule has 0 bridgehead atoms. The van der Waals surface area contributed by atoms with E-state index in [1.54, 1.807) is 13.8 Å². The molecule has 2 aliphatic rings. The highest BCUT2D eigenvalue weighted by atomic mass is 16.5. The lowest BCUT2D eigenvalue weighted by atomic mass is 9.80. The van der Waals surface area contributed by atoms with E-state index in [1.807, 2.05) is 0 Å². The average Bonchev–Trinajstić information content (AvgIpc) is 3.31. The van der Waals surface area contributed by atoms with Gasteiger partial charge in [-0.3, -0.25) is 9.51 Å². The van der Waals surface area contributed by atoms with Crippen molar-refractivity contribution >= 4 is 17.0 Å². The Labute approximate surface area is 204 Å². The molecule has 0 aromatic carbocycles. The van der Waals surface area contributed by atoms with Crippen LogP contribution in [0.15, 0.2) is 9.32 Å². The van der Waals surface area contributed by atoms with Crippen LogP contribution in [0, 0.1) is 17.8 Å². The fourth-order valence-corrected chi connectivity index (χ4v) is 5.38. The van der Waals surface area contributed by atoms with E-state index in [0.717, 1.165) is 23.8 Å². The quantitative estimate of drug-likeness (QED) is 0.439. The second-order valence-electron chi connectivity index (χ2n) is 11.4. The summed E-state index contributed by atoms with van der Waals surface area (Å²) >= 11 is 0. The molecule has 0 spiro atoms. The number of rotatable bonds is 8. The Kier molecular flexibility index (Phi) is 6.41. The van der Waals surface area contributed by atoms with Gasteiger partial charge in [-0.05, 0) is 64.2 Å². The third kappa shape index (κ3) is 5.27. The van der Waals surface area contributed by atoms with Gasteiger partial charge in [-0.1, -0.05) is 31.3 Å². The highest BCUT2D eigenvalue weighted by molar-refractivity contribution is 5.85. The molecule has 10 nitrogen and oxygen atoms in total. The average molecular weight is 484 g/mol. The van der Waals surface area contributed by atoms with Gasteiger partial charge in [0.1, 0.15) is 11.3 Å². The third-order valence-electron chi connectivity index (χ3n) is 7.72. The van der Waals surface area contributed by atoms with Crippen LogP contribution in [0.4, 0.5) is 5.82 Å². The first kappa shape index (κ1) is 24.0. The standard InChI is InChI=1S/C25H37N7O3/c1-14-8-10-16(11-9-14)13-32-18(12-25(3,4)34)27-21-19(32)20(26-15(2)17-6-5-7-17)28-22(29-21)23-30-24(33)35-31-23/h14-17,34H,5-13H2,1-4H3,(H,26,28,29)(H,30,31,33)/t14?,15-,16?/m1/s1. The minimum atomic E-state index is -0.916. The fourth-order valence-electron chi connectivity index (χ4n) is 5.38. The summed E-state index contributed by atoms with van der Waals surface area (Å²) in [7, 11) is 0. The maximum absolute atomic E-state index is 11.6. The van der Waals surface area contributed by atoms with Crippen molar-refractivity contribution in [2.24, 2.45) is 17.8 Å². The van der Waals surface area contributed by atoms with Crippen LogP contribution in [-0.4, -0.2) is 46.4 Å². The van der Waals surface area contributed by atoms with Crippen molar-refractivity contribution in [2.45, 2.75) is 97.2 Å². The molecular weight excluding hydrogens is 446 g/mol. The van der Waals surface area contributed by atoms with Crippen molar-refractivity contribution in [1.29, 1.82) is 0 Å². The molecule has 5 rings (SSSR count). The van der Waals surface area contributed by atoms with Gasteiger partial charge in [0.05, 0.1) is 5.60 Å². The van der Waals surface area contributed by atoms with Gasteiger partial charge >= 0.3 is 5.76 Å². The van der Waals surface area contributed by atoms with Crippen LogP contribution < -0.4 is 11.1 Å². The second-order valence-corrected chi connectivity index (χ2v) is 11.4. The van der Waals surface area contributed by atoms with Gasteiger partial charge in [0, 0.05) is 19.0 Å². The molecule has 0 radical (unpaired) electrons. The Morgan fingerprint density at radius 3 is 2.51 bits per heavy atom. The van der Waals surface area contributed by atoms with Crippen LogP contribution in [0.2, 0.25) is 0 Å². The number of anilines is 1. The van der Waals surface area contributed by atoms with Gasteiger partial charge in [0.25, 0.3) is 0 Å². The number of aromatic nitrogens is 6. The number of hydrogen-bond donors (Lipinski definition) is 3. The van der Waals surface area contributed by atoms with Crippen LogP contribution in [0.25, 0.3) is 22.8 Å². The predicted octanol–water partition coefficient (Wildman–Crippen LogP) is 3.91. The Balaban J connectivity index is 1.62. The van der Waals surface area contributed by atoms with Crippen LogP contribution in [0.3, 0.4) is 0 Å². The lowest BCUT2D eigenvalue weighted by Gasteiger charge is -2.32. The summed E-state index contributed by atoms with van der Waals surface area (Å²) in [4.78, 5) is 28.5. The van der Waals surface area contributed by atoms with Gasteiger partial charge in [0.2, 0.25) is 11.6 Å². The molecule has 0 amide bonds. The van der Waals surface area contributed by atoms with E-state index in [2.05, 4.69) is 38.9 Å². The molecule has 3 heterocycles. The molecule has 35 heavy (non-hydrogen) atoms. The van der Waals surface area contributed by atoms with E-state index in [9.17, 15) is 9.90 Å². The number of aliphatic hydroxyl groups is 1. The third-order valence-corrected chi connectivity index (χ3v) is 7.72. The normalized spacial score (nSPS) is 22.3. The van der Waals surface area contributed by atoms with Gasteiger partial charge in [-0.25, -0.2) is 19.7 Å². The summed E-state index contributed by atoms with van der Waals surface area (Å²) in [6.45, 7) is 8.94. The van der Waals surface area contributed by atoms with Crippen molar-refractivity contribution in [3.63, 3.8) is 0 Å². The monoisotopic (exact) mass is 483 g/mol. The van der Waals surface area contributed by atoms with Gasteiger partial charge < -0.3 is 15.0 Å². The lowest BCUT2D eigenvalue weighted by Crippen LogP contribution is -2.31. The molecule has 2 saturated carbocycles. The molecule has 0 unspecified atom stereocenters. The first-order chi connectivity index (χ1) is 16.7. The minimum absolute atomic E-state index is 0.177. The number of imidazole rings is 1. The Morgan fingerprint density at radius 1 is 1.17 bits per heavy atom. The van der Waals surface area contributed by atoms with Crippen molar-refractivity contribution in [3.05, 3.63) is 16.4 Å². The van der Waals surface area contributed by atoms with Crippen molar-refractivity contribution in [2.75, 3.05) is 5.32 Å². The maximum Gasteiger partial charge on any atom is 0.439 e. The molecule has 1 atom stereocenters. The molecule has 3 aromatic heterocycles. The first-order valence-corrected chi connectivity index (χ1v) is 13.0. The van der Waals surface area contributed by atoms with E-state index >= 15 is 0 Å². The largest absolute Gasteiger partial charge is 0.439 e. The zero-order valence-corrected chi connectivity index (χ0v) is 21.2. The molecule has 3 aromatic rings. The van der Waals surface area contributed by atoms with Crippen LogP contribution in [0.1, 0.15) is 78.5 Å². The molecule has 10 heteroatoms. The zero-order valence-electron chi connectivity index (χ0n) is 21.2. The molecule has 2 fully saturated rings. The van der Waals surface area contributed by atoms with Gasteiger partial charge in [-0.15, -0.1) is 0 Å². The Hall–Kier alpha value is -2.75. The topological polar surface area (TPSA) is 135 Å². The summed E-state index contributed by atoms with van der Waals surface area (Å²) in [6, 6.07) is 0.239. The van der Waals surface area contributed by atoms with E-state index in [0.29, 0.717) is 29.7 Å². The summed E-state index contributed by atoms with van der Waals surface area (Å²) in [5.41, 5.74) is 0.467. The fraction of sp³-hybridized carbons (Fsp3) is 0.720. The van der Waals surface area contributed by atoms with E-state index in [4.69, 9.17) is 14.5 Å². The summed E-state index contributed by atoms with van der Waals surface area (Å²) in [6.07, 6.45) is 8.91. The highest BCUT2D eigenvalue weighted by Gasteiger charge is 2.29. The molecular formula is C25H37N7O3.